The van der Waals surface area contributed by atoms with Crippen LogP contribution in [0.25, 0.3) is 0 Å². The summed E-state index contributed by atoms with van der Waals surface area (Å²) in [6.45, 7) is 4.37. The van der Waals surface area contributed by atoms with Crippen LogP contribution in [0.5, 0.6) is 0 Å². The second kappa shape index (κ2) is 5.07. The Morgan fingerprint density at radius 2 is 2.15 bits per heavy atom. The van der Waals surface area contributed by atoms with E-state index in [1.54, 1.807) is 0 Å². The van der Waals surface area contributed by atoms with Gasteiger partial charge in [-0.3, -0.25) is 0 Å². The standard InChI is InChI=1S/C15H19NO4/c1-10-13-15(2,16-14(17)20-13)8-12(19-10)18-9-11-6-4-3-5-7-11/h3-7,10,12-13H,8-9H2,1-2H3,(H,16,17)/t10-,12-,13-,15+/m0/s1. The third kappa shape index (κ3) is 2.51. The average Bonchev–Trinajstić information content (AvgIpc) is 2.73. The van der Waals surface area contributed by atoms with Crippen LogP contribution in [0.1, 0.15) is 25.8 Å². The Morgan fingerprint density at radius 3 is 2.90 bits per heavy atom. The Bertz CT molecular complexity index is 492. The summed E-state index contributed by atoms with van der Waals surface area (Å²) in [5.74, 6) is 0. The van der Waals surface area contributed by atoms with Gasteiger partial charge in [-0.1, -0.05) is 30.3 Å². The number of hydrogen-bond acceptors (Lipinski definition) is 4. The molecule has 0 radical (unpaired) electrons. The smallest absolute Gasteiger partial charge is 0.408 e. The fraction of sp³-hybridized carbons (Fsp3) is 0.533. The molecule has 5 heteroatoms. The van der Waals surface area contributed by atoms with Crippen molar-refractivity contribution < 1.29 is 19.0 Å². The molecule has 0 bridgehead atoms. The van der Waals surface area contributed by atoms with Gasteiger partial charge >= 0.3 is 6.09 Å². The summed E-state index contributed by atoms with van der Waals surface area (Å²) < 4.78 is 16.9. The summed E-state index contributed by atoms with van der Waals surface area (Å²) in [7, 11) is 0. The zero-order valence-corrected chi connectivity index (χ0v) is 11.7. The van der Waals surface area contributed by atoms with Gasteiger partial charge in [0, 0.05) is 6.42 Å². The molecule has 2 saturated heterocycles. The van der Waals surface area contributed by atoms with E-state index in [1.807, 2.05) is 44.2 Å². The van der Waals surface area contributed by atoms with E-state index < -0.39 is 5.54 Å². The van der Waals surface area contributed by atoms with Crippen LogP contribution in [0, 0.1) is 0 Å². The minimum atomic E-state index is -0.421. The lowest BCUT2D eigenvalue weighted by Gasteiger charge is -2.41. The summed E-state index contributed by atoms with van der Waals surface area (Å²) in [5.41, 5.74) is 0.679. The molecule has 0 spiro atoms. The van der Waals surface area contributed by atoms with Crippen LogP contribution in [-0.2, 0) is 20.8 Å². The molecule has 1 aromatic rings. The molecule has 0 unspecified atom stereocenters. The van der Waals surface area contributed by atoms with Gasteiger partial charge in [-0.15, -0.1) is 0 Å². The Balaban J connectivity index is 1.63. The fourth-order valence-corrected chi connectivity index (χ4v) is 2.93. The molecule has 1 N–H and O–H groups in total. The quantitative estimate of drug-likeness (QED) is 0.920. The Kier molecular flexibility index (Phi) is 3.40. The zero-order valence-electron chi connectivity index (χ0n) is 11.7. The highest BCUT2D eigenvalue weighted by Crippen LogP contribution is 2.35. The molecule has 2 aliphatic rings. The van der Waals surface area contributed by atoms with E-state index >= 15 is 0 Å². The Labute approximate surface area is 118 Å². The van der Waals surface area contributed by atoms with Crippen molar-refractivity contribution in [1.29, 1.82) is 0 Å². The topological polar surface area (TPSA) is 56.8 Å². The van der Waals surface area contributed by atoms with E-state index in [4.69, 9.17) is 14.2 Å². The van der Waals surface area contributed by atoms with Crippen LogP contribution >= 0.6 is 0 Å². The van der Waals surface area contributed by atoms with Crippen molar-refractivity contribution in [3.05, 3.63) is 35.9 Å². The molecular weight excluding hydrogens is 258 g/mol. The minimum absolute atomic E-state index is 0.187. The van der Waals surface area contributed by atoms with Crippen LogP contribution in [-0.4, -0.2) is 30.1 Å². The maximum Gasteiger partial charge on any atom is 0.408 e. The molecule has 2 heterocycles. The number of alkyl carbamates (subject to hydrolysis) is 1. The van der Waals surface area contributed by atoms with Crippen LogP contribution in [0.3, 0.4) is 0 Å². The third-order valence-electron chi connectivity index (χ3n) is 3.91. The lowest BCUT2D eigenvalue weighted by atomic mass is 9.86. The van der Waals surface area contributed by atoms with Crippen LogP contribution in [0.2, 0.25) is 0 Å². The predicted octanol–water partition coefficient (Wildman–Crippen LogP) is 2.21. The van der Waals surface area contributed by atoms with E-state index in [0.29, 0.717) is 13.0 Å². The van der Waals surface area contributed by atoms with Gasteiger partial charge < -0.3 is 19.5 Å². The molecule has 20 heavy (non-hydrogen) atoms. The Hall–Kier alpha value is -1.59. The summed E-state index contributed by atoms with van der Waals surface area (Å²) in [6, 6.07) is 9.95. The number of amides is 1. The highest BCUT2D eigenvalue weighted by Gasteiger charge is 2.53. The lowest BCUT2D eigenvalue weighted by molar-refractivity contribution is -0.233. The van der Waals surface area contributed by atoms with Crippen molar-refractivity contribution in [1.82, 2.24) is 5.32 Å². The molecule has 0 saturated carbocycles. The number of nitrogens with one attached hydrogen (secondary N) is 1. The van der Waals surface area contributed by atoms with Crippen LogP contribution < -0.4 is 5.32 Å². The summed E-state index contributed by atoms with van der Waals surface area (Å²) >= 11 is 0. The van der Waals surface area contributed by atoms with Gasteiger partial charge in [-0.25, -0.2) is 4.79 Å². The van der Waals surface area contributed by atoms with Crippen LogP contribution in [0.4, 0.5) is 4.79 Å². The molecular formula is C15H19NO4. The van der Waals surface area contributed by atoms with E-state index in [2.05, 4.69) is 5.32 Å². The van der Waals surface area contributed by atoms with Gasteiger partial charge in [0.15, 0.2) is 12.4 Å². The largest absolute Gasteiger partial charge is 0.441 e. The van der Waals surface area contributed by atoms with Gasteiger partial charge in [-0.2, -0.15) is 0 Å². The van der Waals surface area contributed by atoms with Crippen molar-refractivity contribution in [2.75, 3.05) is 0 Å². The molecule has 0 aliphatic carbocycles. The molecule has 1 aromatic carbocycles. The van der Waals surface area contributed by atoms with Gasteiger partial charge in [0.1, 0.15) is 0 Å². The lowest BCUT2D eigenvalue weighted by Crippen LogP contribution is -2.57. The average molecular weight is 277 g/mol. The van der Waals surface area contributed by atoms with E-state index in [-0.39, 0.29) is 24.6 Å². The molecule has 4 atom stereocenters. The van der Waals surface area contributed by atoms with Gasteiger partial charge in [-0.05, 0) is 19.4 Å². The zero-order chi connectivity index (χ0) is 14.2. The van der Waals surface area contributed by atoms with Crippen LogP contribution in [0.15, 0.2) is 30.3 Å². The fourth-order valence-electron chi connectivity index (χ4n) is 2.93. The molecule has 108 valence electrons. The number of benzene rings is 1. The highest BCUT2D eigenvalue weighted by atomic mass is 16.7. The maximum atomic E-state index is 11.4. The molecule has 2 aliphatic heterocycles. The normalized spacial score (nSPS) is 36.1. The number of hydrogen-bond donors (Lipinski definition) is 1. The van der Waals surface area contributed by atoms with Gasteiger partial charge in [0.2, 0.25) is 0 Å². The van der Waals surface area contributed by atoms with E-state index in [0.717, 1.165) is 5.56 Å². The highest BCUT2D eigenvalue weighted by molar-refractivity contribution is 5.71. The number of rotatable bonds is 3. The first-order chi connectivity index (χ1) is 9.57. The first kappa shape index (κ1) is 13.4. The summed E-state index contributed by atoms with van der Waals surface area (Å²) in [6.07, 6.45) is -0.578. The van der Waals surface area contributed by atoms with E-state index in [1.165, 1.54) is 0 Å². The molecule has 0 aromatic heterocycles. The first-order valence-electron chi connectivity index (χ1n) is 6.87. The van der Waals surface area contributed by atoms with Crippen molar-refractivity contribution in [3.8, 4) is 0 Å². The second-order valence-corrected chi connectivity index (χ2v) is 5.64. The number of carbonyl (C=O) groups is 1. The SMILES string of the molecule is C[C@@H]1O[C@H](OCc2ccccc2)C[C@@]2(C)NC(=O)O[C@@H]12. The van der Waals surface area contributed by atoms with Crippen molar-refractivity contribution in [2.45, 2.75) is 50.9 Å². The summed E-state index contributed by atoms with van der Waals surface area (Å²) in [5, 5.41) is 2.87. The van der Waals surface area contributed by atoms with Gasteiger partial charge in [0.25, 0.3) is 0 Å². The molecule has 3 rings (SSSR count). The monoisotopic (exact) mass is 277 g/mol. The Morgan fingerprint density at radius 1 is 1.40 bits per heavy atom. The van der Waals surface area contributed by atoms with Crippen molar-refractivity contribution in [2.24, 2.45) is 0 Å². The maximum absolute atomic E-state index is 11.4. The summed E-state index contributed by atoms with van der Waals surface area (Å²) in [4.78, 5) is 11.4. The number of fused-ring (bicyclic) bond motifs is 1. The van der Waals surface area contributed by atoms with E-state index in [9.17, 15) is 4.79 Å². The van der Waals surface area contributed by atoms with Gasteiger partial charge in [0.05, 0.1) is 18.2 Å². The third-order valence-corrected chi connectivity index (χ3v) is 3.91. The second-order valence-electron chi connectivity index (χ2n) is 5.64. The molecule has 2 fully saturated rings. The molecule has 1 amide bonds. The predicted molar refractivity (Wildman–Crippen MR) is 72.0 cm³/mol. The van der Waals surface area contributed by atoms with Crippen molar-refractivity contribution in [3.63, 3.8) is 0 Å². The first-order valence-corrected chi connectivity index (χ1v) is 6.87. The minimum Gasteiger partial charge on any atom is -0.441 e. The molecule has 5 nitrogen and oxygen atoms in total. The van der Waals surface area contributed by atoms with Crippen molar-refractivity contribution >= 4 is 6.09 Å². The number of carbonyl (C=O) groups excluding carboxylic acids is 1. The number of ether oxygens (including phenoxy) is 3.